The quantitative estimate of drug-likeness (QED) is 0.349. The third-order valence-corrected chi connectivity index (χ3v) is 5.29. The number of hydrogen-bond donors (Lipinski definition) is 0. The average Bonchev–Trinajstić information content (AvgIpc) is 2.21. The van der Waals surface area contributed by atoms with Crippen LogP contribution in [0.4, 0.5) is 0 Å². The van der Waals surface area contributed by atoms with Crippen LogP contribution in [-0.4, -0.2) is 5.38 Å². The zero-order valence-corrected chi connectivity index (χ0v) is 13.7. The summed E-state index contributed by atoms with van der Waals surface area (Å²) >= 11 is 6.60. The SMILES string of the molecule is CCCCCCCCC(Cl)C(C)(C)C(C)(C)C. The van der Waals surface area contributed by atoms with Crippen LogP contribution in [0.1, 0.15) is 86.5 Å². The molecule has 1 atom stereocenters. The molecule has 1 unspecified atom stereocenters. The van der Waals surface area contributed by atoms with Crippen LogP contribution in [0, 0.1) is 10.8 Å². The molecule has 1 heteroatoms. The summed E-state index contributed by atoms with van der Waals surface area (Å²) in [6, 6.07) is 0. The third kappa shape index (κ3) is 6.13. The number of alkyl halides is 1. The van der Waals surface area contributed by atoms with E-state index in [2.05, 4.69) is 41.5 Å². The Morgan fingerprint density at radius 3 is 1.76 bits per heavy atom. The van der Waals surface area contributed by atoms with Gasteiger partial charge in [-0.05, 0) is 17.3 Å². The topological polar surface area (TPSA) is 0 Å². The van der Waals surface area contributed by atoms with Gasteiger partial charge in [0.05, 0.1) is 0 Å². The van der Waals surface area contributed by atoms with Crippen molar-refractivity contribution < 1.29 is 0 Å². The molecule has 0 heterocycles. The van der Waals surface area contributed by atoms with Gasteiger partial charge < -0.3 is 0 Å². The molecule has 0 aromatic heterocycles. The van der Waals surface area contributed by atoms with Crippen LogP contribution in [0.25, 0.3) is 0 Å². The fourth-order valence-corrected chi connectivity index (χ4v) is 2.42. The first-order chi connectivity index (χ1) is 7.73. The summed E-state index contributed by atoms with van der Waals surface area (Å²) in [7, 11) is 0. The lowest BCUT2D eigenvalue weighted by molar-refractivity contribution is 0.120. The Morgan fingerprint density at radius 1 is 0.824 bits per heavy atom. The minimum absolute atomic E-state index is 0.206. The molecule has 104 valence electrons. The van der Waals surface area contributed by atoms with Gasteiger partial charge in [-0.2, -0.15) is 0 Å². The lowest BCUT2D eigenvalue weighted by Crippen LogP contribution is -2.37. The predicted octanol–water partition coefficient (Wildman–Crippen LogP) is 6.42. The Labute approximate surface area is 115 Å². The zero-order chi connectivity index (χ0) is 13.5. The Kier molecular flexibility index (Phi) is 7.80. The Hall–Kier alpha value is 0.290. The summed E-state index contributed by atoms with van der Waals surface area (Å²) in [5.41, 5.74) is 0.486. The fourth-order valence-electron chi connectivity index (χ4n) is 1.93. The van der Waals surface area contributed by atoms with Crippen molar-refractivity contribution in [1.29, 1.82) is 0 Å². The highest BCUT2D eigenvalue weighted by molar-refractivity contribution is 6.21. The minimum Gasteiger partial charge on any atom is -0.122 e. The number of unbranched alkanes of at least 4 members (excludes halogenated alkanes) is 5. The lowest BCUT2D eigenvalue weighted by Gasteiger charge is -2.42. The molecule has 0 fully saturated rings. The van der Waals surface area contributed by atoms with E-state index in [-0.39, 0.29) is 10.8 Å². The van der Waals surface area contributed by atoms with Crippen molar-refractivity contribution in [3.63, 3.8) is 0 Å². The zero-order valence-electron chi connectivity index (χ0n) is 12.9. The van der Waals surface area contributed by atoms with Crippen LogP contribution < -0.4 is 0 Å². The molecule has 0 nitrogen and oxygen atoms in total. The average molecular weight is 261 g/mol. The van der Waals surface area contributed by atoms with E-state index in [1.807, 2.05) is 0 Å². The highest BCUT2D eigenvalue weighted by Gasteiger charge is 2.38. The van der Waals surface area contributed by atoms with Gasteiger partial charge in [-0.3, -0.25) is 0 Å². The second-order valence-corrected chi connectivity index (χ2v) is 7.52. The molecule has 0 bridgehead atoms. The van der Waals surface area contributed by atoms with Gasteiger partial charge in [-0.1, -0.05) is 80.1 Å². The predicted molar refractivity (Wildman–Crippen MR) is 80.9 cm³/mol. The lowest BCUT2D eigenvalue weighted by atomic mass is 9.66. The molecule has 0 aromatic carbocycles. The van der Waals surface area contributed by atoms with Gasteiger partial charge in [-0.15, -0.1) is 11.6 Å². The molecule has 0 rings (SSSR count). The van der Waals surface area contributed by atoms with E-state index in [1.165, 1.54) is 38.5 Å². The van der Waals surface area contributed by atoms with E-state index < -0.39 is 0 Å². The van der Waals surface area contributed by atoms with Crippen LogP contribution >= 0.6 is 11.6 Å². The van der Waals surface area contributed by atoms with Crippen LogP contribution in [0.15, 0.2) is 0 Å². The van der Waals surface area contributed by atoms with Gasteiger partial charge in [-0.25, -0.2) is 0 Å². The molecule has 0 aromatic rings. The smallest absolute Gasteiger partial charge is 0.0392 e. The van der Waals surface area contributed by atoms with Gasteiger partial charge in [0, 0.05) is 5.38 Å². The summed E-state index contributed by atoms with van der Waals surface area (Å²) in [6.07, 6.45) is 9.30. The van der Waals surface area contributed by atoms with E-state index in [1.54, 1.807) is 0 Å². The van der Waals surface area contributed by atoms with Gasteiger partial charge in [0.15, 0.2) is 0 Å². The standard InChI is InChI=1S/C16H33Cl/c1-7-8-9-10-11-12-13-14(17)16(5,6)15(2,3)4/h14H,7-13H2,1-6H3. The normalized spacial score (nSPS) is 15.0. The molecule has 0 N–H and O–H groups in total. The summed E-state index contributed by atoms with van der Waals surface area (Å²) in [4.78, 5) is 0. The molecule has 0 saturated carbocycles. The molecule has 0 spiro atoms. The van der Waals surface area contributed by atoms with Gasteiger partial charge in [0.1, 0.15) is 0 Å². The Balaban J connectivity index is 3.82. The number of hydrogen-bond acceptors (Lipinski definition) is 0. The number of halogens is 1. The van der Waals surface area contributed by atoms with Crippen molar-refractivity contribution >= 4 is 11.6 Å². The second-order valence-electron chi connectivity index (χ2n) is 7.00. The van der Waals surface area contributed by atoms with Gasteiger partial charge >= 0.3 is 0 Å². The van der Waals surface area contributed by atoms with Crippen LogP contribution in [0.3, 0.4) is 0 Å². The first-order valence-electron chi connectivity index (χ1n) is 7.37. The molecule has 0 amide bonds. The third-order valence-electron chi connectivity index (χ3n) is 4.53. The largest absolute Gasteiger partial charge is 0.122 e. The van der Waals surface area contributed by atoms with Crippen molar-refractivity contribution in [2.45, 2.75) is 91.9 Å². The Bertz CT molecular complexity index is 188. The maximum atomic E-state index is 6.60. The molecular weight excluding hydrogens is 228 g/mol. The highest BCUT2D eigenvalue weighted by Crippen LogP contribution is 2.44. The van der Waals surface area contributed by atoms with Crippen LogP contribution in [-0.2, 0) is 0 Å². The molecular formula is C16H33Cl. The van der Waals surface area contributed by atoms with Gasteiger partial charge in [0.2, 0.25) is 0 Å². The van der Waals surface area contributed by atoms with E-state index >= 15 is 0 Å². The van der Waals surface area contributed by atoms with Crippen molar-refractivity contribution in [3.05, 3.63) is 0 Å². The monoisotopic (exact) mass is 260 g/mol. The van der Waals surface area contributed by atoms with E-state index in [0.29, 0.717) is 5.38 Å². The van der Waals surface area contributed by atoms with E-state index in [9.17, 15) is 0 Å². The van der Waals surface area contributed by atoms with Crippen molar-refractivity contribution in [3.8, 4) is 0 Å². The van der Waals surface area contributed by atoms with E-state index in [4.69, 9.17) is 11.6 Å². The maximum absolute atomic E-state index is 6.60. The van der Waals surface area contributed by atoms with Crippen molar-refractivity contribution in [2.75, 3.05) is 0 Å². The molecule has 17 heavy (non-hydrogen) atoms. The summed E-state index contributed by atoms with van der Waals surface area (Å²) in [6.45, 7) is 13.8. The summed E-state index contributed by atoms with van der Waals surface area (Å²) in [5, 5.41) is 0.300. The first kappa shape index (κ1) is 17.3. The first-order valence-corrected chi connectivity index (χ1v) is 7.81. The molecule has 0 saturated heterocycles. The highest BCUT2D eigenvalue weighted by atomic mass is 35.5. The molecule has 0 aliphatic rings. The van der Waals surface area contributed by atoms with Crippen LogP contribution in [0.2, 0.25) is 0 Å². The van der Waals surface area contributed by atoms with Gasteiger partial charge in [0.25, 0.3) is 0 Å². The Morgan fingerprint density at radius 2 is 1.29 bits per heavy atom. The van der Waals surface area contributed by atoms with Crippen LogP contribution in [0.5, 0.6) is 0 Å². The van der Waals surface area contributed by atoms with E-state index in [0.717, 1.165) is 6.42 Å². The molecule has 0 aliphatic carbocycles. The summed E-state index contributed by atoms with van der Waals surface area (Å²) in [5.74, 6) is 0. The second kappa shape index (κ2) is 7.67. The fraction of sp³-hybridized carbons (Fsp3) is 1.00. The van der Waals surface area contributed by atoms with Crippen molar-refractivity contribution in [2.24, 2.45) is 10.8 Å². The minimum atomic E-state index is 0.206. The van der Waals surface area contributed by atoms with Crippen molar-refractivity contribution in [1.82, 2.24) is 0 Å². The summed E-state index contributed by atoms with van der Waals surface area (Å²) < 4.78 is 0. The maximum Gasteiger partial charge on any atom is 0.0392 e. The molecule has 0 radical (unpaired) electrons. The molecule has 0 aliphatic heterocycles. The number of rotatable bonds is 8.